The van der Waals surface area contributed by atoms with Gasteiger partial charge in [0.25, 0.3) is 5.91 Å². The minimum atomic E-state index is -3.66. The molecule has 1 amide bonds. The van der Waals surface area contributed by atoms with Crippen LogP contribution in [0.1, 0.15) is 48.3 Å². The number of hydrogen-bond donors (Lipinski definition) is 1. The number of nitrogens with one attached hydrogen (secondary N) is 1. The van der Waals surface area contributed by atoms with E-state index >= 15 is 0 Å². The van der Waals surface area contributed by atoms with Crippen molar-refractivity contribution in [3.63, 3.8) is 0 Å². The lowest BCUT2D eigenvalue weighted by molar-refractivity contribution is 0.0925. The average molecular weight is 423 g/mol. The summed E-state index contributed by atoms with van der Waals surface area (Å²) in [6.07, 6.45) is 0.946. The van der Waals surface area contributed by atoms with Crippen LogP contribution in [-0.2, 0) is 16.4 Å². The molecule has 0 bridgehead atoms. The fraction of sp³-hybridized carbons (Fsp3) is 0.381. The van der Waals surface area contributed by atoms with Gasteiger partial charge in [-0.25, -0.2) is 12.7 Å². The molecule has 2 rings (SSSR count). The average Bonchev–Trinajstić information content (AvgIpc) is 2.65. The number of hydrogen-bond acceptors (Lipinski definition) is 3. The van der Waals surface area contributed by atoms with E-state index in [0.29, 0.717) is 0 Å². The van der Waals surface area contributed by atoms with Gasteiger partial charge in [-0.3, -0.25) is 4.79 Å². The molecule has 5 nitrogen and oxygen atoms in total. The molecule has 1 N–H and O–H groups in total. The summed E-state index contributed by atoms with van der Waals surface area (Å²) in [5.74, 6) is -0.261. The number of sulfonamides is 1. The first-order valence-electron chi connectivity index (χ1n) is 9.19. The van der Waals surface area contributed by atoms with Crippen molar-refractivity contribution in [2.24, 2.45) is 5.92 Å². The highest BCUT2D eigenvalue weighted by atomic mass is 35.5. The molecule has 0 spiro atoms. The molecule has 152 valence electrons. The zero-order chi connectivity index (χ0) is 21.1. The summed E-state index contributed by atoms with van der Waals surface area (Å²) in [5, 5.41) is 3.21. The number of halogens is 1. The van der Waals surface area contributed by atoms with Crippen molar-refractivity contribution in [2.75, 3.05) is 14.1 Å². The first-order chi connectivity index (χ1) is 13.1. The smallest absolute Gasteiger partial charge is 0.253 e. The van der Waals surface area contributed by atoms with Crippen molar-refractivity contribution in [3.05, 3.63) is 64.2 Å². The van der Waals surface area contributed by atoms with E-state index in [9.17, 15) is 13.2 Å². The third kappa shape index (κ3) is 4.93. The molecule has 0 fully saturated rings. The molecule has 0 radical (unpaired) electrons. The molecule has 0 heterocycles. The molecular formula is C21H27ClN2O3S. The second-order valence-corrected chi connectivity index (χ2v) is 9.78. The summed E-state index contributed by atoms with van der Waals surface area (Å²) in [6.45, 7) is 6.13. The predicted octanol–water partition coefficient (Wildman–Crippen LogP) is 4.28. The van der Waals surface area contributed by atoms with E-state index in [2.05, 4.69) is 12.2 Å². The van der Waals surface area contributed by atoms with Crippen molar-refractivity contribution in [2.45, 2.75) is 38.1 Å². The van der Waals surface area contributed by atoms with E-state index in [-0.39, 0.29) is 27.4 Å². The minimum absolute atomic E-state index is 0.0282. The molecule has 0 aromatic heterocycles. The van der Waals surface area contributed by atoms with Crippen LogP contribution in [0.25, 0.3) is 0 Å². The van der Waals surface area contributed by atoms with Crippen LogP contribution in [0.3, 0.4) is 0 Å². The van der Waals surface area contributed by atoms with Crippen molar-refractivity contribution >= 4 is 27.5 Å². The largest absolute Gasteiger partial charge is 0.345 e. The van der Waals surface area contributed by atoms with Crippen LogP contribution in [0.5, 0.6) is 0 Å². The number of aryl methyl sites for hydroxylation is 1. The van der Waals surface area contributed by atoms with Gasteiger partial charge < -0.3 is 5.32 Å². The molecule has 0 aliphatic rings. The lowest BCUT2D eigenvalue weighted by Crippen LogP contribution is -2.32. The summed E-state index contributed by atoms with van der Waals surface area (Å²) < 4.78 is 25.9. The maximum absolute atomic E-state index is 12.9. The number of carbonyl (C=O) groups excluding carboxylic acids is 1. The van der Waals surface area contributed by atoms with Gasteiger partial charge in [0.1, 0.15) is 0 Å². The van der Waals surface area contributed by atoms with Gasteiger partial charge in [0.2, 0.25) is 10.0 Å². The Hall–Kier alpha value is -1.89. The van der Waals surface area contributed by atoms with Gasteiger partial charge in [0.15, 0.2) is 0 Å². The quantitative estimate of drug-likeness (QED) is 0.724. The topological polar surface area (TPSA) is 66.5 Å². The van der Waals surface area contributed by atoms with E-state index in [4.69, 9.17) is 11.6 Å². The highest BCUT2D eigenvalue weighted by Crippen LogP contribution is 2.26. The molecule has 0 unspecified atom stereocenters. The number of benzene rings is 2. The van der Waals surface area contributed by atoms with Gasteiger partial charge in [0.05, 0.1) is 21.5 Å². The van der Waals surface area contributed by atoms with Gasteiger partial charge in [-0.1, -0.05) is 56.6 Å². The van der Waals surface area contributed by atoms with E-state index in [1.807, 2.05) is 38.1 Å². The van der Waals surface area contributed by atoms with Crippen molar-refractivity contribution in [1.29, 1.82) is 0 Å². The monoisotopic (exact) mass is 422 g/mol. The maximum Gasteiger partial charge on any atom is 0.253 e. The fourth-order valence-electron chi connectivity index (χ4n) is 2.86. The fourth-order valence-corrected chi connectivity index (χ4v) is 4.00. The number of carbonyl (C=O) groups is 1. The van der Waals surface area contributed by atoms with E-state index in [1.54, 1.807) is 0 Å². The van der Waals surface area contributed by atoms with Gasteiger partial charge >= 0.3 is 0 Å². The van der Waals surface area contributed by atoms with Gasteiger partial charge in [-0.15, -0.1) is 0 Å². The predicted molar refractivity (Wildman–Crippen MR) is 113 cm³/mol. The van der Waals surface area contributed by atoms with Crippen molar-refractivity contribution < 1.29 is 13.2 Å². The first-order valence-corrected chi connectivity index (χ1v) is 11.0. The van der Waals surface area contributed by atoms with Crippen molar-refractivity contribution in [1.82, 2.24) is 9.62 Å². The lowest BCUT2D eigenvalue weighted by Gasteiger charge is -2.24. The van der Waals surface area contributed by atoms with Crippen LogP contribution in [0.4, 0.5) is 0 Å². The normalized spacial score (nSPS) is 13.0. The Bertz CT molecular complexity index is 939. The van der Waals surface area contributed by atoms with Crippen LogP contribution >= 0.6 is 11.6 Å². The molecular weight excluding hydrogens is 396 g/mol. The Morgan fingerprint density at radius 2 is 1.71 bits per heavy atom. The molecule has 28 heavy (non-hydrogen) atoms. The molecule has 0 saturated carbocycles. The van der Waals surface area contributed by atoms with Crippen LogP contribution in [0, 0.1) is 5.92 Å². The lowest BCUT2D eigenvalue weighted by atomic mass is 9.94. The Morgan fingerprint density at radius 1 is 1.11 bits per heavy atom. The van der Waals surface area contributed by atoms with Crippen LogP contribution in [0.2, 0.25) is 5.02 Å². The first kappa shape index (κ1) is 22.4. The Kier molecular flexibility index (Phi) is 7.26. The maximum atomic E-state index is 12.9. The molecule has 2 aromatic rings. The summed E-state index contributed by atoms with van der Waals surface area (Å²) >= 11 is 6.20. The molecule has 2 aromatic carbocycles. The number of rotatable bonds is 7. The third-order valence-corrected chi connectivity index (χ3v) is 6.80. The molecule has 7 heteroatoms. The van der Waals surface area contributed by atoms with Gasteiger partial charge in [0, 0.05) is 14.1 Å². The highest BCUT2D eigenvalue weighted by Gasteiger charge is 2.24. The van der Waals surface area contributed by atoms with Crippen LogP contribution < -0.4 is 5.32 Å². The number of nitrogens with zero attached hydrogens (tertiary/aromatic N) is 1. The zero-order valence-corrected chi connectivity index (χ0v) is 18.4. The summed E-state index contributed by atoms with van der Waals surface area (Å²) in [4.78, 5) is 13.0. The summed E-state index contributed by atoms with van der Waals surface area (Å²) in [5.41, 5.74) is 2.36. The van der Waals surface area contributed by atoms with Crippen LogP contribution in [0.15, 0.2) is 47.4 Å². The summed E-state index contributed by atoms with van der Waals surface area (Å²) in [6, 6.07) is 12.1. The minimum Gasteiger partial charge on any atom is -0.345 e. The second kappa shape index (κ2) is 9.07. The Balaban J connectivity index is 2.35. The van der Waals surface area contributed by atoms with Gasteiger partial charge in [-0.2, -0.15) is 0 Å². The summed E-state index contributed by atoms with van der Waals surface area (Å²) in [7, 11) is -0.774. The SMILES string of the molecule is CCc1ccc([C@@H](NC(=O)c2cc(S(=O)(=O)N(C)C)ccc2Cl)C(C)C)cc1. The standard InChI is InChI=1S/C21H27ClN2O3S/c1-6-15-7-9-16(10-8-15)20(14(2)3)23-21(25)18-13-17(11-12-19(18)22)28(26,27)24(4)5/h7-14,20H,6H2,1-5H3,(H,23,25)/t20-/m0/s1. The Labute approximate surface area is 172 Å². The number of amides is 1. The van der Waals surface area contributed by atoms with Crippen molar-refractivity contribution in [3.8, 4) is 0 Å². The molecule has 0 aliphatic heterocycles. The second-order valence-electron chi connectivity index (χ2n) is 7.22. The molecule has 1 atom stereocenters. The Morgan fingerprint density at radius 3 is 2.21 bits per heavy atom. The molecule has 0 aliphatic carbocycles. The van der Waals surface area contributed by atoms with E-state index in [1.165, 1.54) is 37.9 Å². The highest BCUT2D eigenvalue weighted by molar-refractivity contribution is 7.89. The zero-order valence-electron chi connectivity index (χ0n) is 16.9. The van der Waals surface area contributed by atoms with E-state index in [0.717, 1.165) is 16.3 Å². The van der Waals surface area contributed by atoms with Gasteiger partial charge in [-0.05, 0) is 41.7 Å². The molecule has 0 saturated heterocycles. The van der Waals surface area contributed by atoms with Crippen LogP contribution in [-0.4, -0.2) is 32.7 Å². The third-order valence-electron chi connectivity index (χ3n) is 4.66. The van der Waals surface area contributed by atoms with E-state index < -0.39 is 15.9 Å².